The predicted molar refractivity (Wildman–Crippen MR) is 133 cm³/mol. The molecule has 3 N–H and O–H groups in total. The van der Waals surface area contributed by atoms with Crippen LogP contribution in [-0.2, 0) is 4.84 Å². The van der Waals surface area contributed by atoms with Gasteiger partial charge in [0.1, 0.15) is 0 Å². The molecule has 0 bridgehead atoms. The van der Waals surface area contributed by atoms with E-state index in [1.54, 1.807) is 12.4 Å². The molecule has 8 nitrogen and oxygen atoms in total. The fourth-order valence-corrected chi connectivity index (χ4v) is 3.87. The molecular weight excluding hydrogens is 422 g/mol. The Hall–Kier alpha value is -2.44. The van der Waals surface area contributed by atoms with Gasteiger partial charge in [-0.2, -0.15) is 5.26 Å². The number of thiocarbonyl (C=S) groups is 1. The number of anilines is 1. The Bertz CT molecular complexity index is 717. The standard InChI is InChI=1S/C23H37N7OS/c1-25-23(32)30(31-18-20-10-6-5-7-11-20)17-9-4-2-3-8-14-27-22(28-19-24)29-21-12-15-26-16-13-21/h12-13,15-16,20H,2-11,14,17-18H2,1H3,(H,25,32)(H2,26,27,28,29). The Balaban J connectivity index is 1.60. The van der Waals surface area contributed by atoms with E-state index in [2.05, 4.69) is 25.9 Å². The highest BCUT2D eigenvalue weighted by Crippen LogP contribution is 2.24. The number of aliphatic imine (C=N–C) groups is 1. The van der Waals surface area contributed by atoms with Crippen molar-refractivity contribution in [3.8, 4) is 6.19 Å². The van der Waals surface area contributed by atoms with Crippen LogP contribution in [0.25, 0.3) is 0 Å². The number of nitrogens with one attached hydrogen (secondary N) is 3. The van der Waals surface area contributed by atoms with E-state index in [1.807, 2.05) is 30.4 Å². The molecule has 0 unspecified atom stereocenters. The lowest BCUT2D eigenvalue weighted by atomic mass is 9.90. The molecule has 0 spiro atoms. The van der Waals surface area contributed by atoms with Crippen LogP contribution >= 0.6 is 12.2 Å². The molecular formula is C23H37N7OS. The molecule has 0 atom stereocenters. The van der Waals surface area contributed by atoms with Crippen molar-refractivity contribution in [3.63, 3.8) is 0 Å². The minimum atomic E-state index is 0.463. The molecule has 0 aromatic carbocycles. The number of rotatable bonds is 12. The lowest BCUT2D eigenvalue weighted by Gasteiger charge is -2.28. The van der Waals surface area contributed by atoms with E-state index < -0.39 is 0 Å². The number of hydrogen-bond acceptors (Lipinski definition) is 5. The van der Waals surface area contributed by atoms with Crippen LogP contribution in [0.3, 0.4) is 0 Å². The molecule has 1 aliphatic carbocycles. The summed E-state index contributed by atoms with van der Waals surface area (Å²) < 4.78 is 0. The predicted octanol–water partition coefficient (Wildman–Crippen LogP) is 4.19. The average molecular weight is 460 g/mol. The Labute approximate surface area is 197 Å². The molecule has 2 rings (SSSR count). The van der Waals surface area contributed by atoms with E-state index in [0.717, 1.165) is 50.9 Å². The zero-order valence-corrected chi connectivity index (χ0v) is 20.0. The molecule has 1 fully saturated rings. The minimum absolute atomic E-state index is 0.463. The van der Waals surface area contributed by atoms with E-state index in [0.29, 0.717) is 23.5 Å². The first-order chi connectivity index (χ1) is 15.7. The van der Waals surface area contributed by atoms with Crippen molar-refractivity contribution in [2.24, 2.45) is 10.9 Å². The smallest absolute Gasteiger partial charge is 0.209 e. The SMILES string of the molecule is CNC(=S)N(CCCCCCCN=C(NC#N)Nc1ccncc1)OCC1CCCCC1. The largest absolute Gasteiger partial charge is 0.364 e. The van der Waals surface area contributed by atoms with Crippen LogP contribution < -0.4 is 16.0 Å². The summed E-state index contributed by atoms with van der Waals surface area (Å²) in [6, 6.07) is 3.66. The Kier molecular flexibility index (Phi) is 13.1. The summed E-state index contributed by atoms with van der Waals surface area (Å²) >= 11 is 5.41. The number of nitriles is 1. The molecule has 32 heavy (non-hydrogen) atoms. The van der Waals surface area contributed by atoms with Gasteiger partial charge in [0.2, 0.25) is 5.96 Å². The van der Waals surface area contributed by atoms with E-state index >= 15 is 0 Å². The van der Waals surface area contributed by atoms with Crippen LogP contribution in [0.15, 0.2) is 29.5 Å². The number of aromatic nitrogens is 1. The molecule has 0 saturated heterocycles. The van der Waals surface area contributed by atoms with Gasteiger partial charge in [0.25, 0.3) is 0 Å². The Morgan fingerprint density at radius 3 is 2.62 bits per heavy atom. The van der Waals surface area contributed by atoms with Gasteiger partial charge in [-0.15, -0.1) is 0 Å². The number of guanidine groups is 1. The number of pyridine rings is 1. The molecule has 0 radical (unpaired) electrons. The van der Waals surface area contributed by atoms with Gasteiger partial charge in [0.05, 0.1) is 6.61 Å². The maximum absolute atomic E-state index is 8.91. The van der Waals surface area contributed by atoms with Crippen LogP contribution in [-0.4, -0.2) is 47.9 Å². The lowest BCUT2D eigenvalue weighted by Crippen LogP contribution is -2.39. The van der Waals surface area contributed by atoms with Crippen molar-refractivity contribution in [3.05, 3.63) is 24.5 Å². The first-order valence-electron chi connectivity index (χ1n) is 11.7. The fraction of sp³-hybridized carbons (Fsp3) is 0.652. The molecule has 9 heteroatoms. The van der Waals surface area contributed by atoms with Crippen molar-refractivity contribution in [2.45, 2.75) is 64.2 Å². The van der Waals surface area contributed by atoms with Crippen LogP contribution in [0.5, 0.6) is 0 Å². The average Bonchev–Trinajstić information content (AvgIpc) is 2.83. The molecule has 1 saturated carbocycles. The highest BCUT2D eigenvalue weighted by molar-refractivity contribution is 7.80. The number of hydroxylamine groups is 2. The summed E-state index contributed by atoms with van der Waals surface area (Å²) in [7, 11) is 1.85. The van der Waals surface area contributed by atoms with Gasteiger partial charge < -0.3 is 10.6 Å². The molecule has 1 aliphatic rings. The third-order valence-corrected chi connectivity index (χ3v) is 5.95. The third-order valence-electron chi connectivity index (χ3n) is 5.54. The molecule has 1 heterocycles. The second-order valence-electron chi connectivity index (χ2n) is 8.05. The van der Waals surface area contributed by atoms with Crippen molar-refractivity contribution in [1.29, 1.82) is 5.26 Å². The van der Waals surface area contributed by atoms with Gasteiger partial charge in [-0.3, -0.25) is 20.1 Å². The first kappa shape index (κ1) is 25.8. The van der Waals surface area contributed by atoms with Crippen LogP contribution in [0.1, 0.15) is 64.2 Å². The maximum Gasteiger partial charge on any atom is 0.209 e. The minimum Gasteiger partial charge on any atom is -0.364 e. The summed E-state index contributed by atoms with van der Waals surface area (Å²) in [6.45, 7) is 2.26. The fourth-order valence-electron chi connectivity index (χ4n) is 3.72. The summed E-state index contributed by atoms with van der Waals surface area (Å²) in [6.07, 6.45) is 17.2. The number of nitrogens with zero attached hydrogens (tertiary/aromatic N) is 4. The number of hydrogen-bond donors (Lipinski definition) is 3. The number of unbranched alkanes of at least 4 members (excludes halogenated alkanes) is 4. The maximum atomic E-state index is 8.91. The summed E-state index contributed by atoms with van der Waals surface area (Å²) in [5, 5.41) is 20.2. The molecule has 1 aromatic heterocycles. The highest BCUT2D eigenvalue weighted by Gasteiger charge is 2.16. The summed E-state index contributed by atoms with van der Waals surface area (Å²) in [4.78, 5) is 14.5. The first-order valence-corrected chi connectivity index (χ1v) is 12.1. The lowest BCUT2D eigenvalue weighted by molar-refractivity contribution is -0.117. The Morgan fingerprint density at radius 1 is 1.19 bits per heavy atom. The molecule has 0 amide bonds. The van der Waals surface area contributed by atoms with Crippen molar-refractivity contribution < 1.29 is 4.84 Å². The second kappa shape index (κ2) is 16.2. The monoisotopic (exact) mass is 459 g/mol. The van der Waals surface area contributed by atoms with Gasteiger partial charge in [-0.25, -0.2) is 5.06 Å². The van der Waals surface area contributed by atoms with Gasteiger partial charge in [-0.05, 0) is 56.0 Å². The van der Waals surface area contributed by atoms with E-state index in [4.69, 9.17) is 22.3 Å². The van der Waals surface area contributed by atoms with Crippen molar-refractivity contribution in [2.75, 3.05) is 32.1 Å². The normalized spacial score (nSPS) is 14.4. The molecule has 0 aliphatic heterocycles. The zero-order chi connectivity index (χ0) is 22.9. The van der Waals surface area contributed by atoms with Gasteiger partial charge in [0, 0.05) is 38.2 Å². The zero-order valence-electron chi connectivity index (χ0n) is 19.2. The summed E-state index contributed by atoms with van der Waals surface area (Å²) in [5.74, 6) is 1.13. The van der Waals surface area contributed by atoms with E-state index in [9.17, 15) is 0 Å². The molecule has 176 valence electrons. The van der Waals surface area contributed by atoms with Crippen molar-refractivity contribution in [1.82, 2.24) is 20.7 Å². The quantitative estimate of drug-likeness (QED) is 0.0814. The van der Waals surface area contributed by atoms with Gasteiger partial charge >= 0.3 is 0 Å². The van der Waals surface area contributed by atoms with E-state index in [-0.39, 0.29) is 0 Å². The summed E-state index contributed by atoms with van der Waals surface area (Å²) in [5.41, 5.74) is 0.844. The van der Waals surface area contributed by atoms with Crippen molar-refractivity contribution >= 4 is 29.0 Å². The van der Waals surface area contributed by atoms with E-state index in [1.165, 1.54) is 32.1 Å². The van der Waals surface area contributed by atoms with Crippen LogP contribution in [0, 0.1) is 17.4 Å². The molecule has 1 aromatic rings. The second-order valence-corrected chi connectivity index (χ2v) is 8.44. The van der Waals surface area contributed by atoms with Gasteiger partial charge in [0.15, 0.2) is 11.3 Å². The third kappa shape index (κ3) is 10.7. The van der Waals surface area contributed by atoms with Gasteiger partial charge in [-0.1, -0.05) is 38.5 Å². The Morgan fingerprint density at radius 2 is 1.91 bits per heavy atom. The topological polar surface area (TPSA) is 97.6 Å². The highest BCUT2D eigenvalue weighted by atomic mass is 32.1. The van der Waals surface area contributed by atoms with Crippen LogP contribution in [0.2, 0.25) is 0 Å². The van der Waals surface area contributed by atoms with Crippen LogP contribution in [0.4, 0.5) is 5.69 Å².